The summed E-state index contributed by atoms with van der Waals surface area (Å²) in [5.74, 6) is -4.11. The fourth-order valence-electron chi connectivity index (χ4n) is 3.00. The van der Waals surface area contributed by atoms with Gasteiger partial charge in [0.15, 0.2) is 5.82 Å². The van der Waals surface area contributed by atoms with Gasteiger partial charge in [0, 0.05) is 19.3 Å². The van der Waals surface area contributed by atoms with E-state index in [1.807, 2.05) is 4.90 Å². The summed E-state index contributed by atoms with van der Waals surface area (Å²) in [4.78, 5) is 26.2. The molecule has 2 heterocycles. The summed E-state index contributed by atoms with van der Waals surface area (Å²) in [6.07, 6.45) is 0.206. The van der Waals surface area contributed by atoms with Crippen LogP contribution >= 0.6 is 0 Å². The zero-order valence-corrected chi connectivity index (χ0v) is 18.4. The number of nitrogens with one attached hydrogen (secondary N) is 1. The van der Waals surface area contributed by atoms with Crippen LogP contribution < -0.4 is 9.62 Å². The van der Waals surface area contributed by atoms with Crippen LogP contribution in [-0.2, 0) is 14.8 Å². The van der Waals surface area contributed by atoms with Gasteiger partial charge in [0.05, 0.1) is 16.1 Å². The third-order valence-corrected chi connectivity index (χ3v) is 6.01. The third-order valence-electron chi connectivity index (χ3n) is 4.63. The Morgan fingerprint density at radius 2 is 1.53 bits per heavy atom. The smallest absolute Gasteiger partial charge is 0.478 e. The highest BCUT2D eigenvalue weighted by Gasteiger charge is 2.38. The quantitative estimate of drug-likeness (QED) is 0.521. The highest BCUT2D eigenvalue weighted by Crippen LogP contribution is 2.29. The van der Waals surface area contributed by atoms with E-state index in [1.54, 1.807) is 0 Å². The summed E-state index contributed by atoms with van der Waals surface area (Å²) in [5, 5.41) is 16.4. The molecule has 9 nitrogen and oxygen atoms in total. The number of benzene rings is 1. The van der Waals surface area contributed by atoms with Crippen molar-refractivity contribution in [3.05, 3.63) is 47.9 Å². The number of carboxylic acid groups (broad SMARTS) is 2. The molecule has 0 bridgehead atoms. The van der Waals surface area contributed by atoms with Crippen LogP contribution in [0.2, 0.25) is 0 Å². The lowest BCUT2D eigenvalue weighted by Gasteiger charge is -2.24. The van der Waals surface area contributed by atoms with Crippen molar-refractivity contribution in [2.45, 2.75) is 36.8 Å². The molecule has 0 atom stereocenters. The normalized spacial score (nSPS) is 14.4. The van der Waals surface area contributed by atoms with Crippen molar-refractivity contribution in [1.29, 1.82) is 0 Å². The highest BCUT2D eigenvalue weighted by atomic mass is 32.2. The maximum atomic E-state index is 13.1. The molecule has 1 saturated heterocycles. The van der Waals surface area contributed by atoms with Gasteiger partial charge in [-0.3, -0.25) is 4.72 Å². The van der Waals surface area contributed by atoms with E-state index in [0.29, 0.717) is 18.9 Å². The van der Waals surface area contributed by atoms with E-state index in [0.717, 1.165) is 49.9 Å². The van der Waals surface area contributed by atoms with Crippen LogP contribution in [0.1, 0.15) is 36.0 Å². The molecule has 0 unspecified atom stereocenters. The summed E-state index contributed by atoms with van der Waals surface area (Å²) in [7, 11) is -4.02. The van der Waals surface area contributed by atoms with Crippen molar-refractivity contribution in [2.24, 2.45) is 0 Å². The largest absolute Gasteiger partial charge is 0.490 e. The number of aromatic nitrogens is 1. The molecule has 0 spiro atoms. The average Bonchev–Trinajstić information content (AvgIpc) is 3.03. The van der Waals surface area contributed by atoms with Gasteiger partial charge in [-0.15, -0.1) is 0 Å². The lowest BCUT2D eigenvalue weighted by Crippen LogP contribution is -2.27. The summed E-state index contributed by atoms with van der Waals surface area (Å²) in [6.45, 7) is 1.43. The van der Waals surface area contributed by atoms with Gasteiger partial charge in [-0.05, 0) is 43.2 Å². The standard InChI is InChI=1S/C18H20FN3O4S.C2HF3O2/c19-14-5-7-15(8-6-14)27(25,26)21-16-11-13(18(23)24)12-20-17(16)22-9-3-1-2-4-10-22;3-2(4,5)1(6)7/h5-8,11-12,21H,1-4,9-10H2,(H,23,24);(H,6,7). The Bertz CT molecular complexity index is 1120. The van der Waals surface area contributed by atoms with Gasteiger partial charge < -0.3 is 15.1 Å². The third kappa shape index (κ3) is 7.57. The predicted octanol–water partition coefficient (Wildman–Crippen LogP) is 3.73. The molecule has 1 aliphatic heterocycles. The van der Waals surface area contributed by atoms with Crippen molar-refractivity contribution >= 4 is 33.5 Å². The highest BCUT2D eigenvalue weighted by molar-refractivity contribution is 7.92. The number of anilines is 2. The Hall–Kier alpha value is -3.42. The summed E-state index contributed by atoms with van der Waals surface area (Å²) < 4.78 is 72.6. The lowest BCUT2D eigenvalue weighted by atomic mass is 10.2. The van der Waals surface area contributed by atoms with Crippen molar-refractivity contribution in [3.63, 3.8) is 0 Å². The number of carboxylic acids is 2. The number of aliphatic carboxylic acids is 1. The van der Waals surface area contributed by atoms with Gasteiger partial charge in [0.1, 0.15) is 5.82 Å². The first kappa shape index (κ1) is 26.8. The number of alkyl halides is 3. The van der Waals surface area contributed by atoms with Crippen LogP contribution in [0.15, 0.2) is 41.4 Å². The first-order valence-corrected chi connectivity index (χ1v) is 11.4. The van der Waals surface area contributed by atoms with Crippen molar-refractivity contribution in [1.82, 2.24) is 4.98 Å². The summed E-state index contributed by atoms with van der Waals surface area (Å²) >= 11 is 0. The Balaban J connectivity index is 0.000000509. The van der Waals surface area contributed by atoms with E-state index in [9.17, 15) is 35.9 Å². The van der Waals surface area contributed by atoms with Crippen LogP contribution in [0.3, 0.4) is 0 Å². The van der Waals surface area contributed by atoms with E-state index in [4.69, 9.17) is 9.90 Å². The minimum absolute atomic E-state index is 0.0983. The van der Waals surface area contributed by atoms with Gasteiger partial charge in [-0.1, -0.05) is 12.8 Å². The maximum absolute atomic E-state index is 13.1. The molecular weight excluding hydrogens is 486 g/mol. The molecule has 3 N–H and O–H groups in total. The molecule has 0 aliphatic carbocycles. The fourth-order valence-corrected chi connectivity index (χ4v) is 4.05. The molecule has 1 fully saturated rings. The summed E-state index contributed by atoms with van der Waals surface area (Å²) in [6, 6.07) is 5.67. The lowest BCUT2D eigenvalue weighted by molar-refractivity contribution is -0.192. The Morgan fingerprint density at radius 3 is 2.00 bits per heavy atom. The number of pyridine rings is 1. The molecule has 1 aliphatic rings. The average molecular weight is 507 g/mol. The monoisotopic (exact) mass is 507 g/mol. The van der Waals surface area contributed by atoms with Crippen LogP contribution in [0.5, 0.6) is 0 Å². The van der Waals surface area contributed by atoms with Crippen molar-refractivity contribution < 1.29 is 45.8 Å². The van der Waals surface area contributed by atoms with E-state index in [2.05, 4.69) is 9.71 Å². The SMILES string of the molecule is O=C(O)C(F)(F)F.O=C(O)c1cnc(N2CCCCCC2)c(NS(=O)(=O)c2ccc(F)cc2)c1. The Morgan fingerprint density at radius 1 is 1.00 bits per heavy atom. The second-order valence-corrected chi connectivity index (χ2v) is 8.85. The van der Waals surface area contributed by atoms with Crippen LogP contribution in [0.4, 0.5) is 29.1 Å². The second kappa shape index (κ2) is 11.1. The molecule has 0 radical (unpaired) electrons. The zero-order valence-electron chi connectivity index (χ0n) is 17.5. The first-order valence-electron chi connectivity index (χ1n) is 9.88. The molecule has 0 amide bonds. The molecule has 2 aromatic rings. The van der Waals surface area contributed by atoms with Gasteiger partial charge >= 0.3 is 18.1 Å². The van der Waals surface area contributed by atoms with Crippen molar-refractivity contribution in [2.75, 3.05) is 22.7 Å². The van der Waals surface area contributed by atoms with E-state index >= 15 is 0 Å². The van der Waals surface area contributed by atoms with Gasteiger partial charge in [0.2, 0.25) is 0 Å². The first-order chi connectivity index (χ1) is 15.8. The van der Waals surface area contributed by atoms with Crippen molar-refractivity contribution in [3.8, 4) is 0 Å². The molecule has 3 rings (SSSR count). The minimum atomic E-state index is -5.08. The van der Waals surface area contributed by atoms with E-state index in [-0.39, 0.29) is 16.1 Å². The number of aromatic carboxylic acids is 1. The number of sulfonamides is 1. The number of carbonyl (C=O) groups is 2. The number of rotatable bonds is 5. The molecule has 186 valence electrons. The van der Waals surface area contributed by atoms with Gasteiger partial charge in [-0.25, -0.2) is 27.4 Å². The molecule has 1 aromatic heterocycles. The molecular formula is C20H21F4N3O6S. The van der Waals surface area contributed by atoms with E-state index < -0.39 is 34.0 Å². The topological polar surface area (TPSA) is 137 Å². The number of hydrogen-bond donors (Lipinski definition) is 3. The zero-order chi connectivity index (χ0) is 25.5. The molecule has 1 aromatic carbocycles. The number of hydrogen-bond acceptors (Lipinski definition) is 6. The molecule has 34 heavy (non-hydrogen) atoms. The maximum Gasteiger partial charge on any atom is 0.490 e. The number of halogens is 4. The summed E-state index contributed by atoms with van der Waals surface area (Å²) in [5.41, 5.74) is -0.0218. The molecule has 0 saturated carbocycles. The Labute approximate surface area is 192 Å². The molecule has 14 heteroatoms. The van der Waals surface area contributed by atoms with Crippen LogP contribution in [0, 0.1) is 5.82 Å². The van der Waals surface area contributed by atoms with Crippen LogP contribution in [-0.4, -0.2) is 54.8 Å². The van der Waals surface area contributed by atoms with Gasteiger partial charge in [-0.2, -0.15) is 13.2 Å². The van der Waals surface area contributed by atoms with Crippen LogP contribution in [0.25, 0.3) is 0 Å². The fraction of sp³-hybridized carbons (Fsp3) is 0.350. The minimum Gasteiger partial charge on any atom is -0.478 e. The van der Waals surface area contributed by atoms with E-state index in [1.165, 1.54) is 12.3 Å². The predicted molar refractivity (Wildman–Crippen MR) is 113 cm³/mol. The number of nitrogens with zero attached hydrogens (tertiary/aromatic N) is 2. The van der Waals surface area contributed by atoms with Gasteiger partial charge in [0.25, 0.3) is 10.0 Å². The second-order valence-electron chi connectivity index (χ2n) is 7.16. The Kier molecular flexibility index (Phi) is 8.79.